The van der Waals surface area contributed by atoms with Crippen molar-refractivity contribution in [2.24, 2.45) is 0 Å². The number of phosphoric ester groups is 1. The van der Waals surface area contributed by atoms with Gasteiger partial charge >= 0.3 is 5.97 Å². The van der Waals surface area contributed by atoms with Crippen LogP contribution in [0, 0.1) is 0 Å². The van der Waals surface area contributed by atoms with Gasteiger partial charge in [-0.25, -0.2) is 0 Å². The van der Waals surface area contributed by atoms with Gasteiger partial charge in [0.2, 0.25) is 5.91 Å². The monoisotopic (exact) mass is 1240 g/mol. The first-order valence-corrected chi connectivity index (χ1v) is 37.1. The number of allylic oxidation sites excluding steroid dienone is 23. The number of rotatable bonds is 63. The second-order valence-corrected chi connectivity index (χ2v) is 26.0. The van der Waals surface area contributed by atoms with E-state index in [0.717, 1.165) is 148 Å². The van der Waals surface area contributed by atoms with Crippen LogP contribution >= 0.6 is 7.82 Å². The van der Waals surface area contributed by atoms with Gasteiger partial charge in [0.05, 0.1) is 33.8 Å². The SMILES string of the molecule is CC/C=C\C/C=C\C/C=C\C/C=C\C/C=C\C/C=C\CCCCCCC(=O)NC(COP(=O)([O-])OCC[N+](C)(C)C)C(/C=C/CCCCCCCCCCCC)OC(=O)CCCCCCCCCCCCC/C=C\C/C=C\C/C=C\C/C=C\C/C=C\CC. The summed E-state index contributed by atoms with van der Waals surface area (Å²) in [5, 5.41) is 3.02. The Morgan fingerprint density at radius 1 is 0.409 bits per heavy atom. The van der Waals surface area contributed by atoms with Crippen LogP contribution in [-0.4, -0.2) is 69.4 Å². The molecule has 1 amide bonds. The van der Waals surface area contributed by atoms with Crippen molar-refractivity contribution in [3.8, 4) is 0 Å². The van der Waals surface area contributed by atoms with Crippen LogP contribution in [0.2, 0.25) is 0 Å². The van der Waals surface area contributed by atoms with Crippen molar-refractivity contribution in [1.29, 1.82) is 0 Å². The largest absolute Gasteiger partial charge is 0.756 e. The summed E-state index contributed by atoms with van der Waals surface area (Å²) < 4.78 is 30.4. The number of hydrogen-bond acceptors (Lipinski definition) is 7. The summed E-state index contributed by atoms with van der Waals surface area (Å²) >= 11 is 0. The maximum Gasteiger partial charge on any atom is 0.306 e. The maximum absolute atomic E-state index is 13.6. The third-order valence-electron chi connectivity index (χ3n) is 15.0. The number of amides is 1. The van der Waals surface area contributed by atoms with Crippen LogP contribution in [0.15, 0.2) is 146 Å². The topological polar surface area (TPSA) is 114 Å². The molecule has 0 spiro atoms. The van der Waals surface area contributed by atoms with Gasteiger partial charge in [-0.15, -0.1) is 0 Å². The highest BCUT2D eigenvalue weighted by Gasteiger charge is 2.27. The van der Waals surface area contributed by atoms with E-state index in [1.807, 2.05) is 33.3 Å². The first-order valence-electron chi connectivity index (χ1n) is 35.6. The average Bonchev–Trinajstić information content (AvgIpc) is 3.53. The van der Waals surface area contributed by atoms with Crippen LogP contribution < -0.4 is 10.2 Å². The molecule has 0 bridgehead atoms. The number of phosphoric acid groups is 1. The Labute approximate surface area is 542 Å². The number of unbranched alkanes of at least 4 members (excludes halogenated alkanes) is 25. The Morgan fingerprint density at radius 2 is 0.727 bits per heavy atom. The Hall–Kier alpha value is -4.11. The third-order valence-corrected chi connectivity index (χ3v) is 16.0. The molecule has 502 valence electrons. The van der Waals surface area contributed by atoms with Gasteiger partial charge < -0.3 is 28.5 Å². The minimum absolute atomic E-state index is 0.0357. The van der Waals surface area contributed by atoms with E-state index < -0.39 is 26.6 Å². The van der Waals surface area contributed by atoms with Gasteiger partial charge in [0.15, 0.2) is 0 Å². The Morgan fingerprint density at radius 3 is 1.09 bits per heavy atom. The summed E-state index contributed by atoms with van der Waals surface area (Å²) in [5.41, 5.74) is 0. The van der Waals surface area contributed by atoms with Crippen LogP contribution in [0.4, 0.5) is 0 Å². The second kappa shape index (κ2) is 65.8. The fraction of sp³-hybridized carbons (Fsp3) is 0.667. The van der Waals surface area contributed by atoms with Gasteiger partial charge in [0.25, 0.3) is 7.82 Å². The van der Waals surface area contributed by atoms with Gasteiger partial charge in [-0.3, -0.25) is 14.2 Å². The Balaban J connectivity index is 5.13. The first kappa shape index (κ1) is 83.9. The molecule has 0 aliphatic rings. The summed E-state index contributed by atoms with van der Waals surface area (Å²) in [5.74, 6) is -0.579. The summed E-state index contributed by atoms with van der Waals surface area (Å²) in [6, 6.07) is -0.915. The molecule has 0 saturated heterocycles. The third kappa shape index (κ3) is 66.3. The molecule has 0 aliphatic heterocycles. The van der Waals surface area contributed by atoms with Crippen molar-refractivity contribution in [3.05, 3.63) is 146 Å². The summed E-state index contributed by atoms with van der Waals surface area (Å²) in [7, 11) is 1.15. The summed E-state index contributed by atoms with van der Waals surface area (Å²) in [6.07, 6.45) is 95.4. The zero-order valence-electron chi connectivity index (χ0n) is 57.4. The minimum atomic E-state index is -4.72. The number of carbonyl (C=O) groups is 2. The molecule has 1 N–H and O–H groups in total. The number of likely N-dealkylation sites (N-methyl/N-ethyl adjacent to an activating group) is 1. The highest BCUT2D eigenvalue weighted by molar-refractivity contribution is 7.45. The molecule has 9 nitrogen and oxygen atoms in total. The highest BCUT2D eigenvalue weighted by atomic mass is 31.2. The lowest BCUT2D eigenvalue weighted by Crippen LogP contribution is -2.47. The molecule has 0 aliphatic carbocycles. The van der Waals surface area contributed by atoms with Gasteiger partial charge in [-0.2, -0.15) is 0 Å². The van der Waals surface area contributed by atoms with Crippen molar-refractivity contribution in [3.63, 3.8) is 0 Å². The Kier molecular flexibility index (Phi) is 62.8. The number of ether oxygens (including phenoxy) is 1. The molecule has 0 aromatic rings. The zero-order chi connectivity index (χ0) is 64.2. The van der Waals surface area contributed by atoms with Gasteiger partial charge in [0, 0.05) is 12.8 Å². The van der Waals surface area contributed by atoms with E-state index in [1.54, 1.807) is 0 Å². The molecule has 10 heteroatoms. The van der Waals surface area contributed by atoms with E-state index in [4.69, 9.17) is 13.8 Å². The number of nitrogens with zero attached hydrogens (tertiary/aromatic N) is 1. The molecule has 0 rings (SSSR count). The van der Waals surface area contributed by atoms with Crippen molar-refractivity contribution in [2.75, 3.05) is 40.9 Å². The van der Waals surface area contributed by atoms with E-state index >= 15 is 0 Å². The lowest BCUT2D eigenvalue weighted by molar-refractivity contribution is -0.870. The van der Waals surface area contributed by atoms with Crippen LogP contribution in [0.5, 0.6) is 0 Å². The summed E-state index contributed by atoms with van der Waals surface area (Å²) in [6.45, 7) is 6.59. The lowest BCUT2D eigenvalue weighted by atomic mass is 10.0. The Bertz CT molecular complexity index is 2020. The molecule has 0 saturated carbocycles. The molecule has 88 heavy (non-hydrogen) atoms. The molecular formula is C78H133N2O7P. The number of carbonyl (C=O) groups excluding carboxylic acids is 2. The number of quaternary nitrogens is 1. The molecule has 0 radical (unpaired) electrons. The van der Waals surface area contributed by atoms with E-state index in [1.165, 1.54) is 96.3 Å². The van der Waals surface area contributed by atoms with Crippen LogP contribution in [-0.2, 0) is 27.9 Å². The highest BCUT2D eigenvalue weighted by Crippen LogP contribution is 2.38. The van der Waals surface area contributed by atoms with Gasteiger partial charge in [-0.05, 0) is 128 Å². The predicted molar refractivity (Wildman–Crippen MR) is 380 cm³/mol. The van der Waals surface area contributed by atoms with Gasteiger partial charge in [0.1, 0.15) is 19.3 Å². The maximum atomic E-state index is 13.6. The van der Waals surface area contributed by atoms with Crippen molar-refractivity contribution >= 4 is 19.7 Å². The second-order valence-electron chi connectivity index (χ2n) is 24.6. The molecule has 0 aromatic heterocycles. The van der Waals surface area contributed by atoms with Crippen LogP contribution in [0.25, 0.3) is 0 Å². The van der Waals surface area contributed by atoms with Crippen molar-refractivity contribution in [2.45, 2.75) is 296 Å². The van der Waals surface area contributed by atoms with Crippen molar-refractivity contribution < 1.29 is 37.3 Å². The first-order chi connectivity index (χ1) is 42.9. The molecule has 0 aromatic carbocycles. The van der Waals surface area contributed by atoms with E-state index in [2.05, 4.69) is 160 Å². The summed E-state index contributed by atoms with van der Waals surface area (Å²) in [4.78, 5) is 40.2. The number of esters is 1. The normalized spacial score (nSPS) is 14.4. The zero-order valence-corrected chi connectivity index (χ0v) is 58.3. The molecular weight excluding hydrogens is 1110 g/mol. The molecule has 0 fully saturated rings. The standard InChI is InChI=1S/C78H133N2O7P/c1-7-10-13-16-19-22-25-28-30-32-34-36-38-39-40-41-43-45-47-49-51-53-56-59-62-65-68-71-78(82)87-76(69-66-63-60-57-54-27-24-21-18-15-12-9-3)75(74-86-88(83,84)85-73-72-80(4,5)6)79-77(81)70-67-64-61-58-55-52-50-48-46-44-42-37-35-33-31-29-26-23-20-17-14-11-8-2/h10-11,13-14,19-20,22-23,28-31,34-37,39-40,44,46,50,52,66,69,75-76H,7-9,12,15-18,21,24-27,32-33,38,41-43,45,47-49,51,53-65,67-68,70-74H2,1-6H3,(H-,79,81,83,84)/b13-10-,14-11-,22-19-,23-20-,30-28-,31-29-,36-34-,37-35-,40-39-,46-44-,52-50-,69-66+. The van der Waals surface area contributed by atoms with Crippen LogP contribution in [0.3, 0.4) is 0 Å². The molecule has 3 atom stereocenters. The fourth-order valence-electron chi connectivity index (χ4n) is 9.61. The van der Waals surface area contributed by atoms with E-state index in [-0.39, 0.29) is 31.3 Å². The van der Waals surface area contributed by atoms with Gasteiger partial charge in [-0.1, -0.05) is 289 Å². The van der Waals surface area contributed by atoms with Crippen molar-refractivity contribution in [1.82, 2.24) is 5.32 Å². The van der Waals surface area contributed by atoms with E-state index in [9.17, 15) is 19.0 Å². The van der Waals surface area contributed by atoms with Crippen LogP contribution in [0.1, 0.15) is 284 Å². The number of nitrogens with one attached hydrogen (secondary N) is 1. The average molecular weight is 1240 g/mol. The minimum Gasteiger partial charge on any atom is -0.756 e. The quantitative estimate of drug-likeness (QED) is 0.0212. The number of hydrogen-bond donors (Lipinski definition) is 1. The predicted octanol–water partition coefficient (Wildman–Crippen LogP) is 22.3. The fourth-order valence-corrected chi connectivity index (χ4v) is 10.3. The smallest absolute Gasteiger partial charge is 0.306 e. The molecule has 3 unspecified atom stereocenters. The molecule has 0 heterocycles. The lowest BCUT2D eigenvalue weighted by Gasteiger charge is -2.30. The van der Waals surface area contributed by atoms with E-state index in [0.29, 0.717) is 17.4 Å².